The first-order chi connectivity index (χ1) is 10.3. The van der Waals surface area contributed by atoms with Crippen molar-refractivity contribution in [2.45, 2.75) is 64.6 Å². The Morgan fingerprint density at radius 3 is 2.55 bits per heavy atom. The van der Waals surface area contributed by atoms with Crippen molar-refractivity contribution < 1.29 is 22.8 Å². The van der Waals surface area contributed by atoms with Crippen LogP contribution in [-0.4, -0.2) is 42.0 Å². The molecule has 1 aliphatic heterocycles. The molecule has 7 heteroatoms. The topological polar surface area (TPSA) is 49.4 Å². The highest BCUT2D eigenvalue weighted by Crippen LogP contribution is 2.25. The first-order valence-corrected chi connectivity index (χ1v) is 7.96. The summed E-state index contributed by atoms with van der Waals surface area (Å²) in [7, 11) is 0. The van der Waals surface area contributed by atoms with Crippen LogP contribution in [0, 0.1) is 5.92 Å². The van der Waals surface area contributed by atoms with Gasteiger partial charge in [0.15, 0.2) is 0 Å². The van der Waals surface area contributed by atoms with Gasteiger partial charge in [0.2, 0.25) is 5.91 Å². The Hall–Kier alpha value is -1.27. The Morgan fingerprint density at radius 1 is 1.32 bits per heavy atom. The second-order valence-corrected chi connectivity index (χ2v) is 5.82. The first-order valence-electron chi connectivity index (χ1n) is 7.96. The third kappa shape index (κ3) is 5.18. The molecule has 2 amide bonds. The van der Waals surface area contributed by atoms with E-state index in [1.54, 1.807) is 0 Å². The van der Waals surface area contributed by atoms with Gasteiger partial charge in [0, 0.05) is 13.1 Å². The van der Waals surface area contributed by atoms with E-state index in [2.05, 4.69) is 12.2 Å². The van der Waals surface area contributed by atoms with Crippen LogP contribution < -0.4 is 5.32 Å². The monoisotopic (exact) mass is 322 g/mol. The van der Waals surface area contributed by atoms with E-state index in [1.807, 2.05) is 6.92 Å². The SMILES string of the molecule is CCCC[C@H](CC)CNC(=O)[C@H]1CCCN1C(=O)C(F)(F)F. The average Bonchev–Trinajstić information content (AvgIpc) is 2.94. The summed E-state index contributed by atoms with van der Waals surface area (Å²) in [6.45, 7) is 4.56. The summed E-state index contributed by atoms with van der Waals surface area (Å²) in [5.41, 5.74) is 0. The minimum atomic E-state index is -4.92. The van der Waals surface area contributed by atoms with Crippen molar-refractivity contribution in [1.29, 1.82) is 0 Å². The summed E-state index contributed by atoms with van der Waals surface area (Å²) >= 11 is 0. The molecule has 0 unspecified atom stereocenters. The Bertz CT molecular complexity index is 385. The van der Waals surface area contributed by atoms with Crippen LogP contribution in [0.4, 0.5) is 13.2 Å². The van der Waals surface area contributed by atoms with Crippen molar-refractivity contribution in [3.8, 4) is 0 Å². The predicted octanol–water partition coefficient (Wildman–Crippen LogP) is 2.87. The first kappa shape index (κ1) is 18.8. The lowest BCUT2D eigenvalue weighted by atomic mass is 9.99. The van der Waals surface area contributed by atoms with Gasteiger partial charge >= 0.3 is 12.1 Å². The Labute approximate surface area is 129 Å². The number of halogens is 3. The summed E-state index contributed by atoms with van der Waals surface area (Å²) in [6.07, 6.45) is -0.168. The van der Waals surface area contributed by atoms with Crippen molar-refractivity contribution >= 4 is 11.8 Å². The second kappa shape index (κ2) is 8.39. The maximum atomic E-state index is 12.5. The fourth-order valence-electron chi connectivity index (χ4n) is 2.75. The van der Waals surface area contributed by atoms with Crippen LogP contribution in [0.5, 0.6) is 0 Å². The van der Waals surface area contributed by atoms with E-state index in [1.165, 1.54) is 0 Å². The molecule has 0 saturated carbocycles. The van der Waals surface area contributed by atoms with Crippen molar-refractivity contribution in [3.05, 3.63) is 0 Å². The highest BCUT2D eigenvalue weighted by Gasteiger charge is 2.47. The van der Waals surface area contributed by atoms with Crippen molar-refractivity contribution in [3.63, 3.8) is 0 Å². The van der Waals surface area contributed by atoms with E-state index >= 15 is 0 Å². The maximum absolute atomic E-state index is 12.5. The van der Waals surface area contributed by atoms with Crippen LogP contribution in [0.2, 0.25) is 0 Å². The number of nitrogens with zero attached hydrogens (tertiary/aromatic N) is 1. The maximum Gasteiger partial charge on any atom is 0.471 e. The van der Waals surface area contributed by atoms with Crippen LogP contribution in [0.1, 0.15) is 52.4 Å². The fourth-order valence-corrected chi connectivity index (χ4v) is 2.75. The zero-order valence-corrected chi connectivity index (χ0v) is 13.2. The number of alkyl halides is 3. The van der Waals surface area contributed by atoms with Gasteiger partial charge in [-0.2, -0.15) is 13.2 Å². The molecule has 0 radical (unpaired) electrons. The molecule has 0 bridgehead atoms. The zero-order chi connectivity index (χ0) is 16.8. The summed E-state index contributed by atoms with van der Waals surface area (Å²) in [4.78, 5) is 24.1. The van der Waals surface area contributed by atoms with E-state index in [0.29, 0.717) is 30.2 Å². The molecule has 1 fully saturated rings. The zero-order valence-electron chi connectivity index (χ0n) is 13.2. The van der Waals surface area contributed by atoms with Gasteiger partial charge in [-0.05, 0) is 25.2 Å². The minimum absolute atomic E-state index is 0.0104. The van der Waals surface area contributed by atoms with E-state index < -0.39 is 24.0 Å². The third-order valence-corrected chi connectivity index (χ3v) is 4.17. The molecule has 1 rings (SSSR count). The number of amides is 2. The highest BCUT2D eigenvalue weighted by molar-refractivity contribution is 5.90. The summed E-state index contributed by atoms with van der Waals surface area (Å²) in [5, 5.41) is 2.72. The van der Waals surface area contributed by atoms with Gasteiger partial charge in [-0.3, -0.25) is 9.59 Å². The molecule has 0 spiro atoms. The number of hydrogen-bond acceptors (Lipinski definition) is 2. The lowest BCUT2D eigenvalue weighted by molar-refractivity contribution is -0.186. The predicted molar refractivity (Wildman–Crippen MR) is 77.1 cm³/mol. The van der Waals surface area contributed by atoms with Crippen LogP contribution in [0.3, 0.4) is 0 Å². The molecule has 0 aromatic rings. The van der Waals surface area contributed by atoms with Gasteiger partial charge in [0.25, 0.3) is 0 Å². The van der Waals surface area contributed by atoms with Crippen LogP contribution >= 0.6 is 0 Å². The van der Waals surface area contributed by atoms with E-state index in [9.17, 15) is 22.8 Å². The molecule has 1 saturated heterocycles. The lowest BCUT2D eigenvalue weighted by Crippen LogP contribution is -2.50. The minimum Gasteiger partial charge on any atom is -0.354 e. The molecular formula is C15H25F3N2O2. The van der Waals surface area contributed by atoms with Gasteiger partial charge in [-0.25, -0.2) is 0 Å². The number of likely N-dealkylation sites (tertiary alicyclic amines) is 1. The van der Waals surface area contributed by atoms with Gasteiger partial charge in [-0.15, -0.1) is 0 Å². The average molecular weight is 322 g/mol. The number of carbonyl (C=O) groups excluding carboxylic acids is 2. The normalized spacial score (nSPS) is 20.0. The molecule has 1 heterocycles. The van der Waals surface area contributed by atoms with Crippen molar-refractivity contribution in [2.75, 3.05) is 13.1 Å². The quantitative estimate of drug-likeness (QED) is 0.783. The number of rotatable bonds is 7. The summed E-state index contributed by atoms with van der Waals surface area (Å²) in [5.74, 6) is -2.05. The summed E-state index contributed by atoms with van der Waals surface area (Å²) in [6, 6.07) is -0.988. The molecule has 1 N–H and O–H groups in total. The number of nitrogens with one attached hydrogen (secondary N) is 1. The lowest BCUT2D eigenvalue weighted by Gasteiger charge is -2.25. The largest absolute Gasteiger partial charge is 0.471 e. The van der Waals surface area contributed by atoms with Crippen LogP contribution in [0.15, 0.2) is 0 Å². The van der Waals surface area contributed by atoms with E-state index in [4.69, 9.17) is 0 Å². The fraction of sp³-hybridized carbons (Fsp3) is 0.867. The molecular weight excluding hydrogens is 297 g/mol. The molecule has 1 aliphatic rings. The number of unbranched alkanes of at least 4 members (excludes halogenated alkanes) is 1. The van der Waals surface area contributed by atoms with Crippen LogP contribution in [0.25, 0.3) is 0 Å². The number of hydrogen-bond donors (Lipinski definition) is 1. The number of carbonyl (C=O) groups is 2. The summed E-state index contributed by atoms with van der Waals surface area (Å²) < 4.78 is 37.6. The molecule has 128 valence electrons. The molecule has 0 aliphatic carbocycles. The van der Waals surface area contributed by atoms with Crippen molar-refractivity contribution in [2.24, 2.45) is 5.92 Å². The molecule has 22 heavy (non-hydrogen) atoms. The second-order valence-electron chi connectivity index (χ2n) is 5.82. The standard InChI is InChI=1S/C15H25F3N2O2/c1-3-5-7-11(4-2)10-19-13(21)12-8-6-9-20(12)14(22)15(16,17)18/h11-12H,3-10H2,1-2H3,(H,19,21)/t11-,12+/m0/s1. The Morgan fingerprint density at radius 2 is 2.00 bits per heavy atom. The van der Waals surface area contributed by atoms with Gasteiger partial charge in [0.1, 0.15) is 6.04 Å². The molecule has 0 aromatic carbocycles. The van der Waals surface area contributed by atoms with Gasteiger partial charge in [-0.1, -0.05) is 33.1 Å². The Kier molecular flexibility index (Phi) is 7.16. The van der Waals surface area contributed by atoms with Gasteiger partial charge < -0.3 is 10.2 Å². The Balaban J connectivity index is 2.55. The third-order valence-electron chi connectivity index (χ3n) is 4.17. The molecule has 0 aromatic heterocycles. The highest BCUT2D eigenvalue weighted by atomic mass is 19.4. The smallest absolute Gasteiger partial charge is 0.354 e. The van der Waals surface area contributed by atoms with E-state index in [-0.39, 0.29) is 6.54 Å². The van der Waals surface area contributed by atoms with Gasteiger partial charge in [0.05, 0.1) is 0 Å². The van der Waals surface area contributed by atoms with E-state index in [0.717, 1.165) is 25.7 Å². The van der Waals surface area contributed by atoms with Crippen molar-refractivity contribution in [1.82, 2.24) is 10.2 Å². The molecule has 2 atom stereocenters. The van der Waals surface area contributed by atoms with Crippen LogP contribution in [-0.2, 0) is 9.59 Å². The molecule has 4 nitrogen and oxygen atoms in total.